The van der Waals surface area contributed by atoms with Gasteiger partial charge >= 0.3 is 0 Å². The quantitative estimate of drug-likeness (QED) is 0.348. The van der Waals surface area contributed by atoms with Crippen LogP contribution in [-0.2, 0) is 0 Å². The summed E-state index contributed by atoms with van der Waals surface area (Å²) in [5, 5.41) is 3.22. The highest BCUT2D eigenvalue weighted by atomic mass is 127. The molecule has 13 heavy (non-hydrogen) atoms. The number of hydrazine groups is 1. The predicted octanol–water partition coefficient (Wildman–Crippen LogP) is 0.587. The number of guanidine groups is 1. The van der Waals surface area contributed by atoms with Crippen molar-refractivity contribution < 1.29 is 0 Å². The standard InChI is InChI=1S/C8H16N4.HI/c9-12-7-10-5-8(6-11-7)3-1-2-4-8;/h1-6,9H2,(H2,10,11,12);1H. The number of nitrogens with zero attached hydrogens (tertiary/aromatic N) is 1. The van der Waals surface area contributed by atoms with E-state index in [1.807, 2.05) is 0 Å². The van der Waals surface area contributed by atoms with Crippen LogP contribution in [0.2, 0.25) is 0 Å². The maximum atomic E-state index is 5.25. The first-order chi connectivity index (χ1) is 5.85. The second kappa shape index (κ2) is 4.45. The molecule has 0 unspecified atom stereocenters. The van der Waals surface area contributed by atoms with Crippen molar-refractivity contribution in [1.29, 1.82) is 0 Å². The molecule has 0 saturated heterocycles. The van der Waals surface area contributed by atoms with Crippen molar-refractivity contribution in [2.45, 2.75) is 25.7 Å². The Balaban J connectivity index is 0.000000845. The van der Waals surface area contributed by atoms with Gasteiger partial charge in [-0.1, -0.05) is 12.8 Å². The number of nitrogens with two attached hydrogens (primary N) is 1. The second-order valence-electron chi connectivity index (χ2n) is 3.87. The molecular weight excluding hydrogens is 279 g/mol. The third kappa shape index (κ3) is 2.25. The van der Waals surface area contributed by atoms with E-state index in [2.05, 4.69) is 15.7 Å². The molecule has 1 spiro atoms. The van der Waals surface area contributed by atoms with Crippen molar-refractivity contribution in [1.82, 2.24) is 10.7 Å². The Morgan fingerprint density at radius 3 is 2.54 bits per heavy atom. The van der Waals surface area contributed by atoms with E-state index in [-0.39, 0.29) is 24.0 Å². The maximum Gasteiger partial charge on any atom is 0.205 e. The zero-order valence-electron chi connectivity index (χ0n) is 7.68. The first-order valence-electron chi connectivity index (χ1n) is 4.60. The van der Waals surface area contributed by atoms with Gasteiger partial charge in [-0.3, -0.25) is 10.4 Å². The summed E-state index contributed by atoms with van der Waals surface area (Å²) in [5.74, 6) is 5.99. The molecule has 4 N–H and O–H groups in total. The van der Waals surface area contributed by atoms with Crippen LogP contribution >= 0.6 is 24.0 Å². The minimum Gasteiger partial charge on any atom is -0.355 e. The smallest absolute Gasteiger partial charge is 0.205 e. The van der Waals surface area contributed by atoms with Crippen molar-refractivity contribution in [3.63, 3.8) is 0 Å². The molecule has 1 aliphatic heterocycles. The predicted molar refractivity (Wildman–Crippen MR) is 63.9 cm³/mol. The van der Waals surface area contributed by atoms with Gasteiger partial charge in [0, 0.05) is 12.0 Å². The first kappa shape index (κ1) is 11.0. The Hall–Kier alpha value is -0.0400. The van der Waals surface area contributed by atoms with Gasteiger partial charge in [-0.15, -0.1) is 24.0 Å². The van der Waals surface area contributed by atoms with Gasteiger partial charge in [-0.05, 0) is 12.8 Å². The first-order valence-corrected chi connectivity index (χ1v) is 4.60. The normalized spacial score (nSPS) is 24.5. The van der Waals surface area contributed by atoms with Crippen molar-refractivity contribution in [3.05, 3.63) is 0 Å². The van der Waals surface area contributed by atoms with Gasteiger partial charge in [0.15, 0.2) is 0 Å². The van der Waals surface area contributed by atoms with Gasteiger partial charge in [0.05, 0.1) is 6.54 Å². The molecule has 76 valence electrons. The van der Waals surface area contributed by atoms with Crippen molar-refractivity contribution in [3.8, 4) is 0 Å². The Bertz CT molecular complexity index is 198. The summed E-state index contributed by atoms with van der Waals surface area (Å²) in [5.41, 5.74) is 3.01. The van der Waals surface area contributed by atoms with Gasteiger partial charge in [-0.25, -0.2) is 5.84 Å². The minimum absolute atomic E-state index is 0. The van der Waals surface area contributed by atoms with Crippen LogP contribution in [-0.4, -0.2) is 19.0 Å². The monoisotopic (exact) mass is 296 g/mol. The van der Waals surface area contributed by atoms with E-state index in [9.17, 15) is 0 Å². The van der Waals surface area contributed by atoms with Crippen LogP contribution in [0.3, 0.4) is 0 Å². The lowest BCUT2D eigenvalue weighted by atomic mass is 9.85. The average Bonchev–Trinajstić information content (AvgIpc) is 2.55. The molecule has 0 aromatic rings. The lowest BCUT2D eigenvalue weighted by Gasteiger charge is -2.32. The molecule has 4 nitrogen and oxygen atoms in total. The van der Waals surface area contributed by atoms with E-state index in [4.69, 9.17) is 5.84 Å². The number of rotatable bonds is 0. The summed E-state index contributed by atoms with van der Waals surface area (Å²) in [6.45, 7) is 1.98. The lowest BCUT2D eigenvalue weighted by Crippen LogP contribution is -2.50. The number of hydrogen-bond donors (Lipinski definition) is 3. The van der Waals surface area contributed by atoms with Gasteiger partial charge in [0.25, 0.3) is 0 Å². The Labute approximate surface area is 95.7 Å². The highest BCUT2D eigenvalue weighted by Gasteiger charge is 2.35. The Morgan fingerprint density at radius 1 is 1.38 bits per heavy atom. The SMILES string of the molecule is I.NNC1=NCC2(CCCC2)CN1. The lowest BCUT2D eigenvalue weighted by molar-refractivity contribution is 0.295. The third-order valence-electron chi connectivity index (χ3n) is 3.00. The largest absolute Gasteiger partial charge is 0.355 e. The van der Waals surface area contributed by atoms with Gasteiger partial charge in [0.1, 0.15) is 0 Å². The molecule has 2 aliphatic rings. The van der Waals surface area contributed by atoms with Crippen molar-refractivity contribution >= 4 is 29.9 Å². The van der Waals surface area contributed by atoms with E-state index in [1.54, 1.807) is 0 Å². The fraction of sp³-hybridized carbons (Fsp3) is 0.875. The van der Waals surface area contributed by atoms with Gasteiger partial charge in [0.2, 0.25) is 5.96 Å². The Morgan fingerprint density at radius 2 is 2.08 bits per heavy atom. The molecule has 1 saturated carbocycles. The fourth-order valence-electron chi connectivity index (χ4n) is 2.19. The van der Waals surface area contributed by atoms with Gasteiger partial charge in [-0.2, -0.15) is 0 Å². The maximum absolute atomic E-state index is 5.25. The fourth-order valence-corrected chi connectivity index (χ4v) is 2.19. The topological polar surface area (TPSA) is 62.4 Å². The summed E-state index contributed by atoms with van der Waals surface area (Å²) < 4.78 is 0. The minimum atomic E-state index is 0. The summed E-state index contributed by atoms with van der Waals surface area (Å²) in [7, 11) is 0. The molecule has 0 aromatic carbocycles. The molecule has 0 atom stereocenters. The van der Waals surface area contributed by atoms with Gasteiger partial charge < -0.3 is 5.32 Å². The zero-order valence-corrected chi connectivity index (χ0v) is 10.0. The molecule has 0 bridgehead atoms. The molecule has 1 heterocycles. The van der Waals surface area contributed by atoms with Crippen LogP contribution < -0.4 is 16.6 Å². The number of aliphatic imine (C=N–C) groups is 1. The van der Waals surface area contributed by atoms with Crippen molar-refractivity contribution in [2.24, 2.45) is 16.3 Å². The van der Waals surface area contributed by atoms with Crippen LogP contribution in [0.5, 0.6) is 0 Å². The molecule has 0 aromatic heterocycles. The number of halogens is 1. The molecule has 0 radical (unpaired) electrons. The Kier molecular flexibility index (Phi) is 3.78. The van der Waals surface area contributed by atoms with E-state index < -0.39 is 0 Å². The van der Waals surface area contributed by atoms with E-state index in [0.717, 1.165) is 19.0 Å². The van der Waals surface area contributed by atoms with Crippen LogP contribution in [0.4, 0.5) is 0 Å². The molecule has 2 rings (SSSR count). The molecule has 5 heteroatoms. The summed E-state index contributed by atoms with van der Waals surface area (Å²) in [6.07, 6.45) is 5.37. The molecule has 1 fully saturated rings. The number of hydrogen-bond acceptors (Lipinski definition) is 4. The molecular formula is C8H17IN4. The van der Waals surface area contributed by atoms with Crippen molar-refractivity contribution in [2.75, 3.05) is 13.1 Å². The highest BCUT2D eigenvalue weighted by Crippen LogP contribution is 2.38. The highest BCUT2D eigenvalue weighted by molar-refractivity contribution is 14.0. The average molecular weight is 296 g/mol. The molecule has 1 aliphatic carbocycles. The number of nitrogens with one attached hydrogen (secondary N) is 2. The van der Waals surface area contributed by atoms with E-state index in [1.165, 1.54) is 25.7 Å². The zero-order chi connectivity index (χ0) is 8.44. The molecule has 0 amide bonds. The summed E-state index contributed by atoms with van der Waals surface area (Å²) in [4.78, 5) is 4.35. The summed E-state index contributed by atoms with van der Waals surface area (Å²) >= 11 is 0. The van der Waals surface area contributed by atoms with Crippen LogP contribution in [0, 0.1) is 5.41 Å². The summed E-state index contributed by atoms with van der Waals surface area (Å²) in [6, 6.07) is 0. The van der Waals surface area contributed by atoms with E-state index in [0.29, 0.717) is 5.41 Å². The van der Waals surface area contributed by atoms with E-state index >= 15 is 0 Å². The van der Waals surface area contributed by atoms with Crippen LogP contribution in [0.15, 0.2) is 4.99 Å². The van der Waals surface area contributed by atoms with Crippen LogP contribution in [0.1, 0.15) is 25.7 Å². The second-order valence-corrected chi connectivity index (χ2v) is 3.87. The van der Waals surface area contributed by atoms with Crippen LogP contribution in [0.25, 0.3) is 0 Å². The third-order valence-corrected chi connectivity index (χ3v) is 3.00.